The van der Waals surface area contributed by atoms with Gasteiger partial charge in [-0.05, 0) is 90.8 Å². The Morgan fingerprint density at radius 3 is 1.78 bits per heavy atom. The van der Waals surface area contributed by atoms with E-state index in [1.807, 2.05) is 30.3 Å². The fourth-order valence-electron chi connectivity index (χ4n) is 5.93. The standard InChI is InChI=1S/C35H44ClF/c1-2-3-4-5-6-7-27-8-10-28(11-9-27)12-13-29-14-16-30(17-15-29)18-19-31-20-25-34(35(37)26-31)32-21-23-33(36)24-22-32/h8-11,20-26,29-30H,2-7,12-19H2,1H3. The van der Waals surface area contributed by atoms with Gasteiger partial charge in [-0.1, -0.05) is 118 Å². The van der Waals surface area contributed by atoms with Gasteiger partial charge in [-0.2, -0.15) is 0 Å². The summed E-state index contributed by atoms with van der Waals surface area (Å²) >= 11 is 5.97. The fourth-order valence-corrected chi connectivity index (χ4v) is 6.06. The molecular weight excluding hydrogens is 475 g/mol. The Hall–Kier alpha value is -2.12. The van der Waals surface area contributed by atoms with Crippen molar-refractivity contribution in [3.63, 3.8) is 0 Å². The summed E-state index contributed by atoms with van der Waals surface area (Å²) in [6.07, 6.45) is 18.0. The summed E-state index contributed by atoms with van der Waals surface area (Å²) in [7, 11) is 0. The van der Waals surface area contributed by atoms with Crippen molar-refractivity contribution < 1.29 is 4.39 Å². The van der Waals surface area contributed by atoms with E-state index in [0.29, 0.717) is 10.6 Å². The molecule has 0 saturated heterocycles. The molecule has 0 nitrogen and oxygen atoms in total. The van der Waals surface area contributed by atoms with Crippen molar-refractivity contribution in [1.82, 2.24) is 0 Å². The van der Waals surface area contributed by atoms with Crippen molar-refractivity contribution in [2.24, 2.45) is 11.8 Å². The number of hydrogen-bond donors (Lipinski definition) is 0. The molecule has 0 unspecified atom stereocenters. The van der Waals surface area contributed by atoms with Gasteiger partial charge in [0.15, 0.2) is 0 Å². The van der Waals surface area contributed by atoms with Crippen molar-refractivity contribution in [2.75, 3.05) is 0 Å². The first-order valence-corrected chi connectivity index (χ1v) is 15.1. The summed E-state index contributed by atoms with van der Waals surface area (Å²) in [6, 6.07) is 22.6. The van der Waals surface area contributed by atoms with Gasteiger partial charge in [0.25, 0.3) is 0 Å². The first kappa shape index (κ1) is 27.9. The second-order valence-electron chi connectivity index (χ2n) is 11.3. The fraction of sp³-hybridized carbons (Fsp3) is 0.486. The molecule has 0 bridgehead atoms. The Balaban J connectivity index is 1.14. The molecule has 198 valence electrons. The zero-order valence-electron chi connectivity index (χ0n) is 22.7. The molecule has 0 amide bonds. The lowest BCUT2D eigenvalue weighted by Crippen LogP contribution is -2.15. The third kappa shape index (κ3) is 8.99. The molecular formula is C35H44ClF. The summed E-state index contributed by atoms with van der Waals surface area (Å²) in [5.41, 5.74) is 5.64. The Kier molecular flexibility index (Phi) is 11.1. The predicted octanol–water partition coefficient (Wildman–Crippen LogP) is 11.0. The summed E-state index contributed by atoms with van der Waals surface area (Å²) in [4.78, 5) is 0. The van der Waals surface area contributed by atoms with Crippen LogP contribution in [0.15, 0.2) is 66.7 Å². The van der Waals surface area contributed by atoms with Crippen LogP contribution in [0.5, 0.6) is 0 Å². The Morgan fingerprint density at radius 2 is 1.19 bits per heavy atom. The van der Waals surface area contributed by atoms with Crippen LogP contribution in [-0.2, 0) is 19.3 Å². The maximum absolute atomic E-state index is 14.8. The number of aryl methyl sites for hydroxylation is 3. The first-order valence-electron chi connectivity index (χ1n) is 14.7. The van der Waals surface area contributed by atoms with Gasteiger partial charge in [-0.25, -0.2) is 4.39 Å². The maximum atomic E-state index is 14.8. The normalized spacial score (nSPS) is 17.7. The third-order valence-corrected chi connectivity index (χ3v) is 8.68. The zero-order valence-corrected chi connectivity index (χ0v) is 23.4. The van der Waals surface area contributed by atoms with E-state index in [0.717, 1.165) is 29.4 Å². The van der Waals surface area contributed by atoms with Crippen molar-refractivity contribution >= 4 is 11.6 Å². The van der Waals surface area contributed by atoms with Crippen molar-refractivity contribution in [3.05, 3.63) is 94.3 Å². The van der Waals surface area contributed by atoms with Gasteiger partial charge in [-0.15, -0.1) is 0 Å². The van der Waals surface area contributed by atoms with Crippen LogP contribution in [0.4, 0.5) is 4.39 Å². The van der Waals surface area contributed by atoms with Crippen LogP contribution >= 0.6 is 11.6 Å². The molecule has 0 spiro atoms. The van der Waals surface area contributed by atoms with E-state index in [1.54, 1.807) is 6.07 Å². The molecule has 0 aliphatic heterocycles. The highest BCUT2D eigenvalue weighted by Crippen LogP contribution is 2.34. The topological polar surface area (TPSA) is 0 Å². The van der Waals surface area contributed by atoms with E-state index in [-0.39, 0.29) is 5.82 Å². The number of hydrogen-bond acceptors (Lipinski definition) is 0. The van der Waals surface area contributed by atoms with Crippen LogP contribution < -0.4 is 0 Å². The van der Waals surface area contributed by atoms with E-state index in [2.05, 4.69) is 37.3 Å². The molecule has 3 aromatic carbocycles. The summed E-state index contributed by atoms with van der Waals surface area (Å²) in [6.45, 7) is 2.28. The molecule has 37 heavy (non-hydrogen) atoms. The minimum absolute atomic E-state index is 0.136. The lowest BCUT2D eigenvalue weighted by molar-refractivity contribution is 0.253. The van der Waals surface area contributed by atoms with Crippen LogP contribution in [0.2, 0.25) is 5.02 Å². The van der Waals surface area contributed by atoms with E-state index in [9.17, 15) is 4.39 Å². The Bertz CT molecular complexity index is 1060. The van der Waals surface area contributed by atoms with Crippen molar-refractivity contribution in [3.8, 4) is 11.1 Å². The monoisotopic (exact) mass is 518 g/mol. The van der Waals surface area contributed by atoms with Crippen LogP contribution in [-0.4, -0.2) is 0 Å². The molecule has 1 aliphatic carbocycles. The molecule has 3 aromatic rings. The summed E-state index contributed by atoms with van der Waals surface area (Å²) in [5.74, 6) is 1.51. The SMILES string of the molecule is CCCCCCCc1ccc(CCC2CCC(CCc3ccc(-c4ccc(Cl)cc4)c(F)c3)CC2)cc1. The minimum atomic E-state index is -0.136. The molecule has 4 rings (SSSR count). The van der Waals surface area contributed by atoms with Crippen LogP contribution in [0.1, 0.15) is 94.2 Å². The highest BCUT2D eigenvalue weighted by Gasteiger charge is 2.21. The van der Waals surface area contributed by atoms with Gasteiger partial charge in [0.1, 0.15) is 5.82 Å². The number of benzene rings is 3. The number of unbranched alkanes of at least 4 members (excludes halogenated alkanes) is 4. The second kappa shape index (κ2) is 14.7. The highest BCUT2D eigenvalue weighted by molar-refractivity contribution is 6.30. The van der Waals surface area contributed by atoms with Gasteiger partial charge in [0.05, 0.1) is 0 Å². The molecule has 0 radical (unpaired) electrons. The number of rotatable bonds is 13. The van der Waals surface area contributed by atoms with Crippen molar-refractivity contribution in [1.29, 1.82) is 0 Å². The second-order valence-corrected chi connectivity index (χ2v) is 11.7. The van der Waals surface area contributed by atoms with Gasteiger partial charge in [0, 0.05) is 10.6 Å². The van der Waals surface area contributed by atoms with E-state index >= 15 is 0 Å². The van der Waals surface area contributed by atoms with Gasteiger partial charge in [-0.3, -0.25) is 0 Å². The lowest BCUT2D eigenvalue weighted by atomic mass is 9.77. The molecule has 1 aliphatic rings. The average molecular weight is 519 g/mol. The quantitative estimate of drug-likeness (QED) is 0.197. The number of halogens is 2. The van der Waals surface area contributed by atoms with Gasteiger partial charge in [0.2, 0.25) is 0 Å². The third-order valence-electron chi connectivity index (χ3n) is 8.43. The predicted molar refractivity (Wildman–Crippen MR) is 158 cm³/mol. The largest absolute Gasteiger partial charge is 0.206 e. The van der Waals surface area contributed by atoms with E-state index in [1.165, 1.54) is 94.6 Å². The molecule has 1 saturated carbocycles. The highest BCUT2D eigenvalue weighted by atomic mass is 35.5. The molecule has 0 aromatic heterocycles. The van der Waals surface area contributed by atoms with Gasteiger partial charge < -0.3 is 0 Å². The van der Waals surface area contributed by atoms with E-state index in [4.69, 9.17) is 11.6 Å². The summed E-state index contributed by atoms with van der Waals surface area (Å²) in [5, 5.41) is 0.674. The van der Waals surface area contributed by atoms with Crippen LogP contribution in [0, 0.1) is 17.7 Å². The van der Waals surface area contributed by atoms with E-state index < -0.39 is 0 Å². The van der Waals surface area contributed by atoms with Gasteiger partial charge >= 0.3 is 0 Å². The lowest BCUT2D eigenvalue weighted by Gasteiger charge is -2.28. The molecule has 2 heteroatoms. The average Bonchev–Trinajstić information content (AvgIpc) is 2.92. The summed E-state index contributed by atoms with van der Waals surface area (Å²) < 4.78 is 14.8. The molecule has 0 atom stereocenters. The molecule has 1 fully saturated rings. The van der Waals surface area contributed by atoms with Crippen molar-refractivity contribution in [2.45, 2.75) is 96.8 Å². The van der Waals surface area contributed by atoms with Crippen LogP contribution in [0.3, 0.4) is 0 Å². The Labute approximate surface area is 229 Å². The molecule has 0 heterocycles. The first-order chi connectivity index (χ1) is 18.1. The zero-order chi connectivity index (χ0) is 25.9. The minimum Gasteiger partial charge on any atom is -0.206 e. The smallest absolute Gasteiger partial charge is 0.131 e. The molecule has 0 N–H and O–H groups in total. The maximum Gasteiger partial charge on any atom is 0.131 e. The Morgan fingerprint density at radius 1 is 0.649 bits per heavy atom. The van der Waals surface area contributed by atoms with Crippen LogP contribution in [0.25, 0.3) is 11.1 Å².